The maximum absolute atomic E-state index is 11.6. The lowest BCUT2D eigenvalue weighted by atomic mass is 9.90. The average molecular weight is 316 g/mol. The molecule has 0 radical (unpaired) electrons. The van der Waals surface area contributed by atoms with Crippen LogP contribution in [0.4, 0.5) is 0 Å². The summed E-state index contributed by atoms with van der Waals surface area (Å²) in [4.78, 5) is 0. The summed E-state index contributed by atoms with van der Waals surface area (Å²) < 4.78 is 30.0. The molecule has 0 aromatic carbocycles. The van der Waals surface area contributed by atoms with Crippen LogP contribution in [-0.2, 0) is 21.3 Å². The minimum Gasteiger partial charge on any atom is -0.383 e. The number of aromatic nitrogens is 3. The molecular formula is C13H24N4O3S. The van der Waals surface area contributed by atoms with Gasteiger partial charge in [-0.3, -0.25) is 4.57 Å². The highest BCUT2D eigenvalue weighted by Crippen LogP contribution is 2.30. The van der Waals surface area contributed by atoms with E-state index < -0.39 is 10.0 Å². The first-order chi connectivity index (χ1) is 10.0. The van der Waals surface area contributed by atoms with Crippen LogP contribution in [0.1, 0.15) is 56.7 Å². The number of primary sulfonamides is 1. The van der Waals surface area contributed by atoms with E-state index in [9.17, 15) is 8.42 Å². The predicted molar refractivity (Wildman–Crippen MR) is 78.3 cm³/mol. The van der Waals surface area contributed by atoms with Crippen LogP contribution in [0.5, 0.6) is 0 Å². The van der Waals surface area contributed by atoms with Crippen molar-refractivity contribution in [1.82, 2.24) is 14.8 Å². The second-order valence-electron chi connectivity index (χ2n) is 5.57. The van der Waals surface area contributed by atoms with E-state index in [4.69, 9.17) is 9.88 Å². The lowest BCUT2D eigenvalue weighted by molar-refractivity contribution is 0.182. The first kappa shape index (κ1) is 16.4. The van der Waals surface area contributed by atoms with Crippen molar-refractivity contribution in [2.45, 2.75) is 62.6 Å². The van der Waals surface area contributed by atoms with Crippen LogP contribution in [0, 0.1) is 0 Å². The molecular weight excluding hydrogens is 292 g/mol. The van der Waals surface area contributed by atoms with Gasteiger partial charge in [-0.1, -0.05) is 32.1 Å². The number of rotatable bonds is 5. The third kappa shape index (κ3) is 4.24. The topological polar surface area (TPSA) is 100 Å². The molecule has 0 unspecified atom stereocenters. The van der Waals surface area contributed by atoms with Crippen LogP contribution in [0.15, 0.2) is 5.16 Å². The Morgan fingerprint density at radius 2 is 1.81 bits per heavy atom. The first-order valence-corrected chi connectivity index (χ1v) is 9.03. The maximum atomic E-state index is 11.6. The van der Waals surface area contributed by atoms with E-state index in [-0.39, 0.29) is 11.1 Å². The van der Waals surface area contributed by atoms with E-state index in [0.717, 1.165) is 31.5 Å². The summed E-state index contributed by atoms with van der Waals surface area (Å²) in [5, 5.41) is 13.0. The largest absolute Gasteiger partial charge is 0.383 e. The van der Waals surface area contributed by atoms with Gasteiger partial charge in [0.25, 0.3) is 15.2 Å². The van der Waals surface area contributed by atoms with E-state index in [2.05, 4.69) is 10.2 Å². The number of methoxy groups -OCH3 is 1. The van der Waals surface area contributed by atoms with E-state index in [1.165, 1.54) is 19.3 Å². The molecule has 120 valence electrons. The number of hydrogen-bond acceptors (Lipinski definition) is 5. The predicted octanol–water partition coefficient (Wildman–Crippen LogP) is 1.40. The highest BCUT2D eigenvalue weighted by Gasteiger charge is 2.26. The molecule has 8 heteroatoms. The van der Waals surface area contributed by atoms with Crippen LogP contribution in [0.2, 0.25) is 0 Å². The Labute approximate surface area is 125 Å². The molecule has 0 bridgehead atoms. The lowest BCUT2D eigenvalue weighted by Crippen LogP contribution is -2.22. The highest BCUT2D eigenvalue weighted by molar-refractivity contribution is 7.89. The lowest BCUT2D eigenvalue weighted by Gasteiger charge is -2.20. The Bertz CT molecular complexity index is 548. The Balaban J connectivity index is 2.30. The van der Waals surface area contributed by atoms with Gasteiger partial charge in [-0.05, 0) is 12.8 Å². The minimum absolute atomic E-state index is 0.156. The summed E-state index contributed by atoms with van der Waals surface area (Å²) in [7, 11) is -2.28. The number of nitrogens with two attached hydrogens (primary N) is 1. The van der Waals surface area contributed by atoms with Gasteiger partial charge in [0.2, 0.25) is 0 Å². The molecule has 2 rings (SSSR count). The third-order valence-corrected chi connectivity index (χ3v) is 4.80. The Hall–Kier alpha value is -0.990. The van der Waals surface area contributed by atoms with Gasteiger partial charge >= 0.3 is 0 Å². The molecule has 1 aromatic rings. The van der Waals surface area contributed by atoms with Crippen molar-refractivity contribution in [3.05, 3.63) is 5.82 Å². The van der Waals surface area contributed by atoms with E-state index in [1.54, 1.807) is 11.7 Å². The van der Waals surface area contributed by atoms with Crippen LogP contribution >= 0.6 is 0 Å². The molecule has 21 heavy (non-hydrogen) atoms. The summed E-state index contributed by atoms with van der Waals surface area (Å²) in [5.74, 6) is 0.989. The van der Waals surface area contributed by atoms with Crippen molar-refractivity contribution in [3.8, 4) is 0 Å². The number of ether oxygens (including phenoxy) is 1. The van der Waals surface area contributed by atoms with Gasteiger partial charge in [0.15, 0.2) is 0 Å². The van der Waals surface area contributed by atoms with Gasteiger partial charge in [0.05, 0.1) is 6.61 Å². The summed E-state index contributed by atoms with van der Waals surface area (Å²) in [6, 6.07) is 0. The first-order valence-electron chi connectivity index (χ1n) is 7.49. The molecule has 1 saturated carbocycles. The van der Waals surface area contributed by atoms with Crippen molar-refractivity contribution >= 4 is 10.0 Å². The van der Waals surface area contributed by atoms with Gasteiger partial charge in [0, 0.05) is 19.6 Å². The van der Waals surface area contributed by atoms with Crippen LogP contribution in [0.25, 0.3) is 0 Å². The summed E-state index contributed by atoms with van der Waals surface area (Å²) in [6.07, 6.45) is 8.07. The zero-order valence-electron chi connectivity index (χ0n) is 12.5. The molecule has 1 heterocycles. The second-order valence-corrected chi connectivity index (χ2v) is 7.03. The molecule has 0 amide bonds. The van der Waals surface area contributed by atoms with Gasteiger partial charge in [0.1, 0.15) is 5.82 Å². The number of nitrogens with zero attached hydrogens (tertiary/aromatic N) is 3. The van der Waals surface area contributed by atoms with Crippen molar-refractivity contribution in [3.63, 3.8) is 0 Å². The standard InChI is InChI=1S/C13H24N4O3S/c1-20-10-9-17-12(15-16-13(17)21(14,18)19)11-7-5-3-2-4-6-8-11/h11H,2-10H2,1H3,(H2,14,18,19). The SMILES string of the molecule is COCCn1c(C2CCCCCCC2)nnc1S(N)(=O)=O. The highest BCUT2D eigenvalue weighted by atomic mass is 32.2. The molecule has 1 fully saturated rings. The van der Waals surface area contributed by atoms with Gasteiger partial charge in [-0.15, -0.1) is 10.2 Å². The summed E-state index contributed by atoms with van der Waals surface area (Å²) >= 11 is 0. The average Bonchev–Trinajstić information content (AvgIpc) is 2.79. The van der Waals surface area contributed by atoms with Crippen molar-refractivity contribution < 1.29 is 13.2 Å². The van der Waals surface area contributed by atoms with Gasteiger partial charge < -0.3 is 4.74 Å². The molecule has 0 spiro atoms. The van der Waals surface area contributed by atoms with E-state index in [0.29, 0.717) is 13.2 Å². The van der Waals surface area contributed by atoms with Crippen molar-refractivity contribution in [2.24, 2.45) is 5.14 Å². The van der Waals surface area contributed by atoms with Crippen LogP contribution in [-0.4, -0.2) is 36.9 Å². The Morgan fingerprint density at radius 1 is 1.19 bits per heavy atom. The van der Waals surface area contributed by atoms with Crippen LogP contribution in [0.3, 0.4) is 0 Å². The van der Waals surface area contributed by atoms with Crippen molar-refractivity contribution in [1.29, 1.82) is 0 Å². The summed E-state index contributed by atoms with van der Waals surface area (Å²) in [6.45, 7) is 0.807. The van der Waals surface area contributed by atoms with E-state index in [1.807, 2.05) is 0 Å². The molecule has 1 aliphatic rings. The number of sulfonamides is 1. The fraction of sp³-hybridized carbons (Fsp3) is 0.846. The number of hydrogen-bond donors (Lipinski definition) is 1. The maximum Gasteiger partial charge on any atom is 0.273 e. The third-order valence-electron chi connectivity index (χ3n) is 3.99. The Morgan fingerprint density at radius 3 is 2.38 bits per heavy atom. The van der Waals surface area contributed by atoms with Gasteiger partial charge in [-0.25, -0.2) is 13.6 Å². The second kappa shape index (κ2) is 7.33. The molecule has 0 atom stereocenters. The van der Waals surface area contributed by atoms with Crippen molar-refractivity contribution in [2.75, 3.05) is 13.7 Å². The molecule has 0 aliphatic heterocycles. The fourth-order valence-electron chi connectivity index (χ4n) is 2.92. The zero-order chi connectivity index (χ0) is 15.3. The molecule has 7 nitrogen and oxygen atoms in total. The summed E-state index contributed by atoms with van der Waals surface area (Å²) in [5.41, 5.74) is 0. The quantitative estimate of drug-likeness (QED) is 0.885. The van der Waals surface area contributed by atoms with E-state index >= 15 is 0 Å². The van der Waals surface area contributed by atoms with Gasteiger partial charge in [-0.2, -0.15) is 0 Å². The molecule has 2 N–H and O–H groups in total. The molecule has 1 aliphatic carbocycles. The normalized spacial score (nSPS) is 18.4. The zero-order valence-corrected chi connectivity index (χ0v) is 13.3. The Kier molecular flexibility index (Phi) is 5.72. The molecule has 0 saturated heterocycles. The molecule has 1 aromatic heterocycles. The minimum atomic E-state index is -3.86. The smallest absolute Gasteiger partial charge is 0.273 e. The fourth-order valence-corrected chi connectivity index (χ4v) is 3.57. The van der Waals surface area contributed by atoms with Crippen LogP contribution < -0.4 is 5.14 Å². The monoisotopic (exact) mass is 316 g/mol.